The number of carbonyl (C=O) groups excluding carboxylic acids is 1. The first-order chi connectivity index (χ1) is 11.5. The van der Waals surface area contributed by atoms with Crippen molar-refractivity contribution in [2.45, 2.75) is 49.6 Å². The summed E-state index contributed by atoms with van der Waals surface area (Å²) >= 11 is 0. The van der Waals surface area contributed by atoms with Crippen molar-refractivity contribution in [3.63, 3.8) is 0 Å². The van der Waals surface area contributed by atoms with Gasteiger partial charge in [-0.2, -0.15) is 0 Å². The molecule has 1 fully saturated rings. The predicted octanol–water partition coefficient (Wildman–Crippen LogP) is 2.80. The molecular formula is C18H20N2O3S. The van der Waals surface area contributed by atoms with Gasteiger partial charge in [0.05, 0.1) is 10.6 Å². The van der Waals surface area contributed by atoms with E-state index in [0.29, 0.717) is 11.1 Å². The number of hydrogen-bond donors (Lipinski definition) is 1. The fourth-order valence-electron chi connectivity index (χ4n) is 3.84. The van der Waals surface area contributed by atoms with Crippen LogP contribution in [0.5, 0.6) is 0 Å². The van der Waals surface area contributed by atoms with E-state index in [2.05, 4.69) is 5.32 Å². The summed E-state index contributed by atoms with van der Waals surface area (Å²) in [5.74, 6) is -0.227. The normalized spacial score (nSPS) is 20.5. The molecule has 1 atom stereocenters. The van der Waals surface area contributed by atoms with Crippen molar-refractivity contribution >= 4 is 32.4 Å². The molecule has 24 heavy (non-hydrogen) atoms. The summed E-state index contributed by atoms with van der Waals surface area (Å²) in [5.41, 5.74) is 0.595. The van der Waals surface area contributed by atoms with Crippen LogP contribution in [-0.4, -0.2) is 26.4 Å². The van der Waals surface area contributed by atoms with E-state index >= 15 is 0 Å². The molecule has 4 rings (SSSR count). The fourth-order valence-corrected chi connectivity index (χ4v) is 5.70. The summed E-state index contributed by atoms with van der Waals surface area (Å²) in [4.78, 5) is 12.9. The highest BCUT2D eigenvalue weighted by molar-refractivity contribution is 7.93. The van der Waals surface area contributed by atoms with Crippen LogP contribution in [0.3, 0.4) is 0 Å². The van der Waals surface area contributed by atoms with Crippen molar-refractivity contribution in [3.8, 4) is 0 Å². The van der Waals surface area contributed by atoms with E-state index in [0.717, 1.165) is 31.1 Å². The molecule has 5 nitrogen and oxygen atoms in total. The Morgan fingerprint density at radius 3 is 2.54 bits per heavy atom. The minimum atomic E-state index is -3.70. The Balaban J connectivity index is 1.73. The zero-order valence-electron chi connectivity index (χ0n) is 13.5. The van der Waals surface area contributed by atoms with Gasteiger partial charge < -0.3 is 5.32 Å². The molecule has 0 bridgehead atoms. The van der Waals surface area contributed by atoms with Gasteiger partial charge in [0.15, 0.2) is 0 Å². The van der Waals surface area contributed by atoms with Crippen LogP contribution in [-0.2, 0) is 14.8 Å². The molecule has 6 heteroatoms. The van der Waals surface area contributed by atoms with Gasteiger partial charge in [0.25, 0.3) is 10.0 Å². The number of nitrogens with one attached hydrogen (secondary N) is 1. The van der Waals surface area contributed by atoms with Crippen LogP contribution in [0.1, 0.15) is 32.6 Å². The van der Waals surface area contributed by atoms with Crippen molar-refractivity contribution < 1.29 is 13.2 Å². The molecule has 0 radical (unpaired) electrons. The summed E-state index contributed by atoms with van der Waals surface area (Å²) in [6.07, 6.45) is 4.18. The van der Waals surface area contributed by atoms with E-state index < -0.39 is 16.1 Å². The van der Waals surface area contributed by atoms with Crippen LogP contribution < -0.4 is 9.62 Å². The quantitative estimate of drug-likeness (QED) is 0.931. The number of anilines is 1. The van der Waals surface area contributed by atoms with E-state index in [9.17, 15) is 13.2 Å². The maximum Gasteiger partial charge on any atom is 0.265 e. The molecule has 0 unspecified atom stereocenters. The molecule has 2 aromatic rings. The van der Waals surface area contributed by atoms with Gasteiger partial charge >= 0.3 is 0 Å². The number of rotatable bonds is 3. The number of nitrogens with zero attached hydrogens (tertiary/aromatic N) is 1. The summed E-state index contributed by atoms with van der Waals surface area (Å²) < 4.78 is 27.3. The summed E-state index contributed by atoms with van der Waals surface area (Å²) in [6.45, 7) is 1.66. The molecule has 1 aliphatic carbocycles. The van der Waals surface area contributed by atoms with E-state index in [1.807, 2.05) is 18.2 Å². The molecule has 2 aromatic carbocycles. The highest BCUT2D eigenvalue weighted by Gasteiger charge is 2.41. The van der Waals surface area contributed by atoms with Gasteiger partial charge in [-0.15, -0.1) is 0 Å². The molecule has 1 amide bonds. The lowest BCUT2D eigenvalue weighted by Gasteiger charge is -2.26. The predicted molar refractivity (Wildman–Crippen MR) is 93.5 cm³/mol. The zero-order chi connectivity index (χ0) is 16.9. The lowest BCUT2D eigenvalue weighted by molar-refractivity contribution is -0.122. The largest absolute Gasteiger partial charge is 0.352 e. The van der Waals surface area contributed by atoms with Gasteiger partial charge in [-0.05, 0) is 37.3 Å². The molecule has 0 spiro atoms. The summed E-state index contributed by atoms with van der Waals surface area (Å²) in [5, 5.41) is 4.59. The van der Waals surface area contributed by atoms with E-state index in [4.69, 9.17) is 0 Å². The number of amides is 1. The van der Waals surface area contributed by atoms with E-state index in [-0.39, 0.29) is 16.8 Å². The van der Waals surface area contributed by atoms with Gasteiger partial charge in [-0.25, -0.2) is 8.42 Å². The maximum atomic E-state index is 13.0. The smallest absolute Gasteiger partial charge is 0.265 e. The molecular weight excluding hydrogens is 324 g/mol. The zero-order valence-corrected chi connectivity index (χ0v) is 14.3. The average molecular weight is 344 g/mol. The van der Waals surface area contributed by atoms with Crippen LogP contribution in [0, 0.1) is 0 Å². The molecule has 1 saturated carbocycles. The second-order valence-electron chi connectivity index (χ2n) is 6.60. The summed E-state index contributed by atoms with van der Waals surface area (Å²) in [6, 6.07) is 10.1. The van der Waals surface area contributed by atoms with Crippen LogP contribution >= 0.6 is 0 Å². The Kier molecular flexibility index (Phi) is 3.53. The van der Waals surface area contributed by atoms with Gasteiger partial charge in [-0.1, -0.05) is 37.1 Å². The van der Waals surface area contributed by atoms with Crippen LogP contribution in [0.25, 0.3) is 10.8 Å². The Bertz CT molecular complexity index is 912. The monoisotopic (exact) mass is 344 g/mol. The Labute approximate surface area is 141 Å². The van der Waals surface area contributed by atoms with Gasteiger partial charge in [0, 0.05) is 11.4 Å². The average Bonchev–Trinajstić information content (AvgIpc) is 3.14. The maximum absolute atomic E-state index is 13.0. The van der Waals surface area contributed by atoms with Gasteiger partial charge in [-0.3, -0.25) is 9.10 Å². The third-order valence-electron chi connectivity index (χ3n) is 5.05. The van der Waals surface area contributed by atoms with Crippen LogP contribution in [0.2, 0.25) is 0 Å². The number of benzene rings is 2. The fraction of sp³-hybridized carbons (Fsp3) is 0.389. The standard InChI is InChI=1S/C18H20N2O3S/c1-12(18(21)19-14-8-2-3-9-14)20-15-10-4-6-13-7-5-11-16(17(13)15)24(20,22)23/h4-7,10-12,14H,2-3,8-9H2,1H3,(H,19,21)/t12-/m0/s1. The highest BCUT2D eigenvalue weighted by atomic mass is 32.2. The minimum Gasteiger partial charge on any atom is -0.352 e. The first-order valence-corrected chi connectivity index (χ1v) is 9.81. The Morgan fingerprint density at radius 2 is 1.83 bits per heavy atom. The molecule has 126 valence electrons. The topological polar surface area (TPSA) is 66.5 Å². The third kappa shape index (κ3) is 2.20. The van der Waals surface area contributed by atoms with Gasteiger partial charge in [0.1, 0.15) is 6.04 Å². The number of carbonyl (C=O) groups is 1. The SMILES string of the molecule is C[C@@H](C(=O)NC1CCCC1)N1c2cccc3cccc(c23)S1(=O)=O. The first-order valence-electron chi connectivity index (χ1n) is 8.37. The van der Waals surface area contributed by atoms with Crippen molar-refractivity contribution in [3.05, 3.63) is 36.4 Å². The van der Waals surface area contributed by atoms with Crippen molar-refractivity contribution in [2.75, 3.05) is 4.31 Å². The van der Waals surface area contributed by atoms with Crippen LogP contribution in [0.15, 0.2) is 41.3 Å². The Morgan fingerprint density at radius 1 is 1.17 bits per heavy atom. The molecule has 1 heterocycles. The number of hydrogen-bond acceptors (Lipinski definition) is 3. The molecule has 0 aromatic heterocycles. The summed E-state index contributed by atoms with van der Waals surface area (Å²) in [7, 11) is -3.70. The van der Waals surface area contributed by atoms with E-state index in [1.165, 1.54) is 4.31 Å². The van der Waals surface area contributed by atoms with Crippen molar-refractivity contribution in [2.24, 2.45) is 0 Å². The second kappa shape index (κ2) is 5.48. The van der Waals surface area contributed by atoms with Crippen LogP contribution in [0.4, 0.5) is 5.69 Å². The van der Waals surface area contributed by atoms with Crippen molar-refractivity contribution in [1.82, 2.24) is 5.32 Å². The first kappa shape index (κ1) is 15.4. The van der Waals surface area contributed by atoms with Crippen molar-refractivity contribution in [1.29, 1.82) is 0 Å². The molecule has 2 aliphatic rings. The lowest BCUT2D eigenvalue weighted by Crippen LogP contribution is -2.49. The number of sulfonamides is 1. The highest BCUT2D eigenvalue weighted by Crippen LogP contribution is 2.43. The third-order valence-corrected chi connectivity index (χ3v) is 6.98. The lowest BCUT2D eigenvalue weighted by atomic mass is 10.1. The molecule has 1 aliphatic heterocycles. The van der Waals surface area contributed by atoms with E-state index in [1.54, 1.807) is 25.1 Å². The molecule has 1 N–H and O–H groups in total. The van der Waals surface area contributed by atoms with Gasteiger partial charge in [0.2, 0.25) is 5.91 Å². The Hall–Kier alpha value is -2.08. The molecule has 0 saturated heterocycles. The second-order valence-corrected chi connectivity index (χ2v) is 8.38. The minimum absolute atomic E-state index is 0.170.